The number of aromatic carboxylic acids is 2. The van der Waals surface area contributed by atoms with Crippen LogP contribution in [-0.2, 0) is 0 Å². The van der Waals surface area contributed by atoms with E-state index in [0.717, 1.165) is 5.69 Å². The van der Waals surface area contributed by atoms with E-state index in [-0.39, 0.29) is 11.1 Å². The van der Waals surface area contributed by atoms with Crippen LogP contribution in [0.2, 0.25) is 0 Å². The van der Waals surface area contributed by atoms with Crippen LogP contribution in [-0.4, -0.2) is 32.9 Å². The maximum Gasteiger partial charge on any atom is 0.336 e. The minimum Gasteiger partial charge on any atom is -0.478 e. The Labute approximate surface area is 149 Å². The van der Waals surface area contributed by atoms with Crippen LogP contribution < -0.4 is 0 Å². The highest BCUT2D eigenvalue weighted by atomic mass is 16.4. The summed E-state index contributed by atoms with van der Waals surface area (Å²) in [5.74, 6) is -1.98. The third-order valence-corrected chi connectivity index (χ3v) is 4.02. The monoisotopic (exact) mass is 348 g/mol. The Hall–Kier alpha value is -3.67. The number of carboxylic acids is 2. The Bertz CT molecular complexity index is 1020. The number of carbonyl (C=O) groups is 2. The number of nitrogens with zero attached hydrogens (tertiary/aromatic N) is 2. The molecule has 0 fully saturated rings. The SMILES string of the molecule is Cc1c(N=Cc2cccn2-c2cccc(C(=O)O)c2)cccc1C(=O)O. The molecule has 0 atom stereocenters. The van der Waals surface area contributed by atoms with E-state index in [1.165, 1.54) is 12.1 Å². The van der Waals surface area contributed by atoms with Crippen molar-refractivity contribution in [1.82, 2.24) is 4.57 Å². The average Bonchev–Trinajstić information content (AvgIpc) is 3.09. The van der Waals surface area contributed by atoms with E-state index >= 15 is 0 Å². The van der Waals surface area contributed by atoms with E-state index < -0.39 is 11.9 Å². The summed E-state index contributed by atoms with van der Waals surface area (Å²) in [5.41, 5.74) is 3.01. The third kappa shape index (κ3) is 3.39. The van der Waals surface area contributed by atoms with E-state index in [4.69, 9.17) is 5.11 Å². The summed E-state index contributed by atoms with van der Waals surface area (Å²) in [6.45, 7) is 1.71. The van der Waals surface area contributed by atoms with Crippen molar-refractivity contribution in [2.45, 2.75) is 6.92 Å². The zero-order chi connectivity index (χ0) is 18.7. The van der Waals surface area contributed by atoms with E-state index in [2.05, 4.69) is 4.99 Å². The lowest BCUT2D eigenvalue weighted by Gasteiger charge is -2.08. The molecule has 2 N–H and O–H groups in total. The summed E-state index contributed by atoms with van der Waals surface area (Å²) in [5, 5.41) is 18.3. The van der Waals surface area contributed by atoms with E-state index in [1.54, 1.807) is 43.5 Å². The predicted octanol–water partition coefficient (Wildman–Crippen LogP) is 3.93. The van der Waals surface area contributed by atoms with Crippen LogP contribution in [0.15, 0.2) is 65.8 Å². The molecule has 2 aromatic carbocycles. The number of aliphatic imine (C=N–C) groups is 1. The van der Waals surface area contributed by atoms with E-state index in [0.29, 0.717) is 16.9 Å². The normalized spacial score (nSPS) is 11.0. The molecule has 0 aliphatic carbocycles. The van der Waals surface area contributed by atoms with Gasteiger partial charge < -0.3 is 14.8 Å². The molecule has 0 saturated heterocycles. The fraction of sp³-hybridized carbons (Fsp3) is 0.0500. The molecule has 0 aliphatic heterocycles. The lowest BCUT2D eigenvalue weighted by atomic mass is 10.1. The second-order valence-electron chi connectivity index (χ2n) is 5.67. The first-order valence-corrected chi connectivity index (χ1v) is 7.85. The molecule has 0 unspecified atom stereocenters. The molecule has 0 aliphatic rings. The maximum absolute atomic E-state index is 11.2. The number of rotatable bonds is 5. The van der Waals surface area contributed by atoms with Crippen molar-refractivity contribution in [1.29, 1.82) is 0 Å². The van der Waals surface area contributed by atoms with Gasteiger partial charge >= 0.3 is 11.9 Å². The summed E-state index contributed by atoms with van der Waals surface area (Å²) < 4.78 is 1.81. The second-order valence-corrected chi connectivity index (χ2v) is 5.67. The molecular formula is C20H16N2O4. The Balaban J connectivity index is 1.97. The summed E-state index contributed by atoms with van der Waals surface area (Å²) in [6.07, 6.45) is 3.43. The van der Waals surface area contributed by atoms with Crippen molar-refractivity contribution < 1.29 is 19.8 Å². The lowest BCUT2D eigenvalue weighted by molar-refractivity contribution is 0.0685. The minimum absolute atomic E-state index is 0.198. The fourth-order valence-corrected chi connectivity index (χ4v) is 2.65. The number of hydrogen-bond acceptors (Lipinski definition) is 3. The van der Waals surface area contributed by atoms with Gasteiger partial charge in [0.2, 0.25) is 0 Å². The number of carboxylic acid groups (broad SMARTS) is 2. The zero-order valence-corrected chi connectivity index (χ0v) is 14.0. The van der Waals surface area contributed by atoms with Gasteiger partial charge in [-0.15, -0.1) is 0 Å². The van der Waals surface area contributed by atoms with Crippen molar-refractivity contribution in [2.24, 2.45) is 4.99 Å². The first kappa shape index (κ1) is 17.2. The van der Waals surface area contributed by atoms with Crippen LogP contribution >= 0.6 is 0 Å². The molecule has 3 rings (SSSR count). The van der Waals surface area contributed by atoms with Gasteiger partial charge in [-0.25, -0.2) is 9.59 Å². The first-order valence-electron chi connectivity index (χ1n) is 7.85. The zero-order valence-electron chi connectivity index (χ0n) is 14.0. The molecule has 6 nitrogen and oxygen atoms in total. The van der Waals surface area contributed by atoms with Gasteiger partial charge in [0.15, 0.2) is 0 Å². The quantitative estimate of drug-likeness (QED) is 0.683. The number of hydrogen-bond donors (Lipinski definition) is 2. The third-order valence-electron chi connectivity index (χ3n) is 4.02. The molecule has 0 radical (unpaired) electrons. The molecule has 0 saturated carbocycles. The Kier molecular flexibility index (Phi) is 4.66. The molecule has 1 aromatic heterocycles. The summed E-state index contributed by atoms with van der Waals surface area (Å²) >= 11 is 0. The molecular weight excluding hydrogens is 332 g/mol. The first-order chi connectivity index (χ1) is 12.5. The highest BCUT2D eigenvalue weighted by molar-refractivity contribution is 5.92. The van der Waals surface area contributed by atoms with Gasteiger partial charge in [0.05, 0.1) is 28.7 Å². The van der Waals surface area contributed by atoms with Crippen molar-refractivity contribution in [3.8, 4) is 5.69 Å². The summed E-state index contributed by atoms with van der Waals surface area (Å²) in [4.78, 5) is 26.8. The predicted molar refractivity (Wildman–Crippen MR) is 98.1 cm³/mol. The van der Waals surface area contributed by atoms with Crippen LogP contribution in [0.5, 0.6) is 0 Å². The Morgan fingerprint density at radius 3 is 2.50 bits per heavy atom. The average molecular weight is 348 g/mol. The Morgan fingerprint density at radius 1 is 1.00 bits per heavy atom. The molecule has 0 spiro atoms. The molecule has 0 bridgehead atoms. The highest BCUT2D eigenvalue weighted by Gasteiger charge is 2.10. The standard InChI is InChI=1S/C20H16N2O4/c1-13-17(20(25)26)8-3-9-18(13)21-12-16-7-4-10-22(16)15-6-2-5-14(11-15)19(23)24/h2-12H,1H3,(H,23,24)(H,25,26). The van der Waals surface area contributed by atoms with Gasteiger partial charge in [0.1, 0.15) is 0 Å². The highest BCUT2D eigenvalue weighted by Crippen LogP contribution is 2.22. The van der Waals surface area contributed by atoms with E-state index in [1.807, 2.05) is 22.9 Å². The van der Waals surface area contributed by atoms with Gasteiger partial charge in [0.25, 0.3) is 0 Å². The van der Waals surface area contributed by atoms with E-state index in [9.17, 15) is 14.7 Å². The molecule has 130 valence electrons. The molecule has 1 heterocycles. The largest absolute Gasteiger partial charge is 0.478 e. The second kappa shape index (κ2) is 7.06. The summed E-state index contributed by atoms with van der Waals surface area (Å²) in [7, 11) is 0. The summed E-state index contributed by atoms with van der Waals surface area (Å²) in [6, 6.07) is 15.2. The number of aromatic nitrogens is 1. The lowest BCUT2D eigenvalue weighted by Crippen LogP contribution is -2.02. The van der Waals surface area contributed by atoms with Crippen molar-refractivity contribution >= 4 is 23.8 Å². The van der Waals surface area contributed by atoms with Crippen molar-refractivity contribution in [2.75, 3.05) is 0 Å². The van der Waals surface area contributed by atoms with Gasteiger partial charge in [-0.1, -0.05) is 12.1 Å². The van der Waals surface area contributed by atoms with Crippen molar-refractivity contribution in [3.63, 3.8) is 0 Å². The van der Waals surface area contributed by atoms with Crippen LogP contribution in [0.1, 0.15) is 32.0 Å². The molecule has 26 heavy (non-hydrogen) atoms. The minimum atomic E-state index is -0.992. The molecule has 6 heteroatoms. The van der Waals surface area contributed by atoms with Gasteiger partial charge in [-0.05, 0) is 55.0 Å². The smallest absolute Gasteiger partial charge is 0.336 e. The number of benzene rings is 2. The van der Waals surface area contributed by atoms with Crippen molar-refractivity contribution in [3.05, 3.63) is 83.2 Å². The van der Waals surface area contributed by atoms with Gasteiger partial charge in [-0.3, -0.25) is 4.99 Å². The Morgan fingerprint density at radius 2 is 1.77 bits per heavy atom. The topological polar surface area (TPSA) is 91.9 Å². The van der Waals surface area contributed by atoms with Gasteiger partial charge in [0, 0.05) is 11.9 Å². The fourth-order valence-electron chi connectivity index (χ4n) is 2.65. The van der Waals surface area contributed by atoms with Crippen LogP contribution in [0.4, 0.5) is 5.69 Å². The molecule has 0 amide bonds. The van der Waals surface area contributed by atoms with Crippen LogP contribution in [0.3, 0.4) is 0 Å². The molecule has 3 aromatic rings. The van der Waals surface area contributed by atoms with Crippen LogP contribution in [0.25, 0.3) is 5.69 Å². The van der Waals surface area contributed by atoms with Gasteiger partial charge in [-0.2, -0.15) is 0 Å². The van der Waals surface area contributed by atoms with Crippen LogP contribution in [0, 0.1) is 6.92 Å². The maximum atomic E-state index is 11.2.